The van der Waals surface area contributed by atoms with Crippen molar-refractivity contribution in [1.82, 2.24) is 9.88 Å². The molecule has 2 rings (SSSR count). The molecule has 1 fully saturated rings. The van der Waals surface area contributed by atoms with E-state index in [1.54, 1.807) is 32.6 Å². The molecule has 24 heavy (non-hydrogen) atoms. The van der Waals surface area contributed by atoms with Gasteiger partial charge in [-0.3, -0.25) is 9.59 Å². The highest BCUT2D eigenvalue weighted by Crippen LogP contribution is 2.29. The second-order valence-corrected chi connectivity index (χ2v) is 6.74. The number of carbonyl (C=O) groups is 3. The zero-order valence-corrected chi connectivity index (χ0v) is 15.2. The summed E-state index contributed by atoms with van der Waals surface area (Å²) in [6, 6.07) is 0.0896. The van der Waals surface area contributed by atoms with Crippen molar-refractivity contribution in [2.75, 3.05) is 13.2 Å². The molecular formula is C17H23ClN2O4. The first-order valence-corrected chi connectivity index (χ1v) is 8.55. The van der Waals surface area contributed by atoms with E-state index in [0.29, 0.717) is 16.8 Å². The van der Waals surface area contributed by atoms with Crippen molar-refractivity contribution in [2.24, 2.45) is 0 Å². The molecule has 7 heteroatoms. The molecule has 1 aromatic rings. The van der Waals surface area contributed by atoms with Gasteiger partial charge < -0.3 is 14.6 Å². The van der Waals surface area contributed by atoms with Crippen LogP contribution >= 0.6 is 11.6 Å². The maximum absolute atomic E-state index is 12.7. The van der Waals surface area contributed by atoms with Gasteiger partial charge in [0.1, 0.15) is 11.1 Å². The number of carbonyl (C=O) groups excluding carboxylic acids is 3. The lowest BCUT2D eigenvalue weighted by atomic mass is 10.0. The van der Waals surface area contributed by atoms with Gasteiger partial charge in [0.05, 0.1) is 13.2 Å². The number of ketones is 1. The van der Waals surface area contributed by atoms with Crippen LogP contribution in [0.4, 0.5) is 0 Å². The number of rotatable bonds is 7. The fraction of sp³-hybridized carbons (Fsp3) is 0.588. The first-order chi connectivity index (χ1) is 11.3. The Morgan fingerprint density at radius 2 is 1.96 bits per heavy atom. The number of nitrogens with one attached hydrogen (secondary N) is 1. The zero-order valence-electron chi connectivity index (χ0n) is 14.4. The van der Waals surface area contributed by atoms with Crippen LogP contribution in [0.25, 0.3) is 0 Å². The van der Waals surface area contributed by atoms with Crippen LogP contribution in [0, 0.1) is 13.8 Å². The van der Waals surface area contributed by atoms with E-state index in [1.807, 2.05) is 0 Å². The van der Waals surface area contributed by atoms with Crippen molar-refractivity contribution in [3.63, 3.8) is 0 Å². The van der Waals surface area contributed by atoms with Crippen LogP contribution in [-0.2, 0) is 9.53 Å². The Balaban J connectivity index is 2.23. The van der Waals surface area contributed by atoms with Crippen LogP contribution in [0.2, 0.25) is 0 Å². The Morgan fingerprint density at radius 1 is 1.33 bits per heavy atom. The lowest BCUT2D eigenvalue weighted by Gasteiger charge is -2.23. The number of ether oxygens (including phenoxy) is 1. The molecule has 1 amide bonds. The molecule has 1 aromatic heterocycles. The monoisotopic (exact) mass is 354 g/mol. The first kappa shape index (κ1) is 18.5. The van der Waals surface area contributed by atoms with Crippen LogP contribution in [-0.4, -0.2) is 52.1 Å². The molecule has 1 saturated carbocycles. The van der Waals surface area contributed by atoms with E-state index in [1.165, 1.54) is 0 Å². The van der Waals surface area contributed by atoms with Crippen LogP contribution in [0.5, 0.6) is 0 Å². The van der Waals surface area contributed by atoms with Crippen molar-refractivity contribution < 1.29 is 19.1 Å². The molecule has 132 valence electrons. The highest BCUT2D eigenvalue weighted by Gasteiger charge is 2.36. The van der Waals surface area contributed by atoms with E-state index in [4.69, 9.17) is 16.3 Å². The van der Waals surface area contributed by atoms with E-state index in [2.05, 4.69) is 4.98 Å². The van der Waals surface area contributed by atoms with Crippen LogP contribution in [0.3, 0.4) is 0 Å². The summed E-state index contributed by atoms with van der Waals surface area (Å²) >= 11 is 5.90. The summed E-state index contributed by atoms with van der Waals surface area (Å²) in [6.45, 7) is 7.00. The van der Waals surface area contributed by atoms with E-state index in [0.717, 1.165) is 12.8 Å². The van der Waals surface area contributed by atoms with Gasteiger partial charge in [0, 0.05) is 17.3 Å². The number of aromatic nitrogens is 1. The summed E-state index contributed by atoms with van der Waals surface area (Å²) in [4.78, 5) is 41.4. The second kappa shape index (κ2) is 7.38. The number of H-pyrrole nitrogens is 1. The number of hydrogen-bond acceptors (Lipinski definition) is 4. The SMILES string of the molecule is CCOC(=O)c1[nH]c(C)c(C(=O)CN(C(=O)C(C)Cl)C2CC2)c1C. The zero-order chi connectivity index (χ0) is 18.0. The van der Waals surface area contributed by atoms with Gasteiger partial charge in [-0.1, -0.05) is 0 Å². The van der Waals surface area contributed by atoms with Gasteiger partial charge in [-0.15, -0.1) is 11.6 Å². The van der Waals surface area contributed by atoms with E-state index >= 15 is 0 Å². The molecule has 0 bridgehead atoms. The predicted octanol–water partition coefficient (Wildman–Crippen LogP) is 2.61. The van der Waals surface area contributed by atoms with Gasteiger partial charge in [0.2, 0.25) is 5.91 Å². The maximum Gasteiger partial charge on any atom is 0.355 e. The number of hydrogen-bond donors (Lipinski definition) is 1. The molecular weight excluding hydrogens is 332 g/mol. The molecule has 1 aliphatic carbocycles. The number of Topliss-reactive ketones (excluding diaryl/α,β-unsaturated/α-hetero) is 1. The molecule has 6 nitrogen and oxygen atoms in total. The topological polar surface area (TPSA) is 79.5 Å². The van der Waals surface area contributed by atoms with E-state index in [-0.39, 0.29) is 36.6 Å². The smallest absolute Gasteiger partial charge is 0.355 e. The van der Waals surface area contributed by atoms with Gasteiger partial charge in [-0.05, 0) is 46.1 Å². The standard InChI is InChI=1S/C17H23ClN2O4/c1-5-24-17(23)15-9(2)14(11(4)19-15)13(21)8-20(12-6-7-12)16(22)10(3)18/h10,12,19H,5-8H2,1-4H3. The van der Waals surface area contributed by atoms with E-state index in [9.17, 15) is 14.4 Å². The fourth-order valence-electron chi connectivity index (χ4n) is 2.81. The lowest BCUT2D eigenvalue weighted by Crippen LogP contribution is -2.41. The minimum absolute atomic E-state index is 0.0254. The molecule has 0 radical (unpaired) electrons. The summed E-state index contributed by atoms with van der Waals surface area (Å²) in [7, 11) is 0. The molecule has 1 unspecified atom stereocenters. The number of aromatic amines is 1. The van der Waals surface area contributed by atoms with E-state index < -0.39 is 11.3 Å². The summed E-state index contributed by atoms with van der Waals surface area (Å²) in [5, 5.41) is -0.665. The van der Waals surface area contributed by atoms with Crippen LogP contribution in [0.1, 0.15) is 58.8 Å². The van der Waals surface area contributed by atoms with Gasteiger partial charge >= 0.3 is 5.97 Å². The number of esters is 1. The number of alkyl halides is 1. The molecule has 0 aromatic carbocycles. The lowest BCUT2D eigenvalue weighted by molar-refractivity contribution is -0.130. The average Bonchev–Trinajstić information content (AvgIpc) is 3.29. The molecule has 1 N–H and O–H groups in total. The molecule has 0 spiro atoms. The molecule has 1 aliphatic rings. The first-order valence-electron chi connectivity index (χ1n) is 8.11. The number of amides is 1. The third-order valence-electron chi connectivity index (χ3n) is 4.12. The Kier molecular flexibility index (Phi) is 5.70. The third kappa shape index (κ3) is 3.80. The molecule has 0 saturated heterocycles. The second-order valence-electron chi connectivity index (χ2n) is 6.08. The minimum Gasteiger partial charge on any atom is -0.461 e. The normalized spacial score (nSPS) is 15.0. The largest absolute Gasteiger partial charge is 0.461 e. The summed E-state index contributed by atoms with van der Waals surface area (Å²) in [5.41, 5.74) is 1.88. The molecule has 0 aliphatic heterocycles. The van der Waals surface area contributed by atoms with Gasteiger partial charge in [0.25, 0.3) is 0 Å². The van der Waals surface area contributed by atoms with Crippen molar-refractivity contribution in [2.45, 2.75) is 52.0 Å². The summed E-state index contributed by atoms with van der Waals surface area (Å²) < 4.78 is 4.99. The van der Waals surface area contributed by atoms with Gasteiger partial charge in [-0.25, -0.2) is 4.79 Å². The summed E-state index contributed by atoms with van der Waals surface area (Å²) in [5.74, 6) is -0.917. The Bertz CT molecular complexity index is 662. The third-order valence-corrected chi connectivity index (χ3v) is 4.31. The molecule has 1 heterocycles. The Labute approximate surface area is 146 Å². The Morgan fingerprint density at radius 3 is 2.46 bits per heavy atom. The van der Waals surface area contributed by atoms with Crippen LogP contribution < -0.4 is 0 Å². The predicted molar refractivity (Wildman–Crippen MR) is 90.6 cm³/mol. The quantitative estimate of drug-likeness (QED) is 0.463. The van der Waals surface area contributed by atoms with Crippen molar-refractivity contribution >= 4 is 29.3 Å². The van der Waals surface area contributed by atoms with Crippen molar-refractivity contribution in [1.29, 1.82) is 0 Å². The van der Waals surface area contributed by atoms with Gasteiger partial charge in [0.15, 0.2) is 5.78 Å². The van der Waals surface area contributed by atoms with Crippen molar-refractivity contribution in [3.05, 3.63) is 22.5 Å². The Hall–Kier alpha value is -1.82. The maximum atomic E-state index is 12.7. The number of halogens is 1. The highest BCUT2D eigenvalue weighted by atomic mass is 35.5. The summed E-state index contributed by atoms with van der Waals surface area (Å²) in [6.07, 6.45) is 1.78. The number of nitrogens with zero attached hydrogens (tertiary/aromatic N) is 1. The van der Waals surface area contributed by atoms with Crippen LogP contribution in [0.15, 0.2) is 0 Å². The number of aryl methyl sites for hydroxylation is 1. The van der Waals surface area contributed by atoms with Crippen molar-refractivity contribution in [3.8, 4) is 0 Å². The highest BCUT2D eigenvalue weighted by molar-refractivity contribution is 6.30. The fourth-order valence-corrected chi connectivity index (χ4v) is 2.94. The molecule has 1 atom stereocenters. The minimum atomic E-state index is -0.665. The average molecular weight is 355 g/mol. The van der Waals surface area contributed by atoms with Gasteiger partial charge in [-0.2, -0.15) is 0 Å².